The van der Waals surface area contributed by atoms with Crippen LogP contribution in [0.2, 0.25) is 0 Å². The maximum absolute atomic E-state index is 11.8. The van der Waals surface area contributed by atoms with Gasteiger partial charge in [0.15, 0.2) is 9.84 Å². The highest BCUT2D eigenvalue weighted by Gasteiger charge is 2.14. The Labute approximate surface area is 109 Å². The number of sulfone groups is 1. The zero-order valence-electron chi connectivity index (χ0n) is 9.05. The van der Waals surface area contributed by atoms with Crippen LogP contribution in [0, 0.1) is 0 Å². The molecule has 1 rings (SSSR count). The molecule has 8 heteroatoms. The predicted molar refractivity (Wildman–Crippen MR) is 69.0 cm³/mol. The normalized spacial score (nSPS) is 12.6. The Morgan fingerprint density at radius 2 is 1.65 bits per heavy atom. The summed E-state index contributed by atoms with van der Waals surface area (Å²) >= 11 is 3.20. The molecule has 0 saturated carbocycles. The molecule has 0 spiro atoms. The second-order valence-electron chi connectivity index (χ2n) is 3.44. The van der Waals surface area contributed by atoms with Gasteiger partial charge in [0, 0.05) is 11.0 Å². The van der Waals surface area contributed by atoms with Gasteiger partial charge in [-0.1, -0.05) is 15.9 Å². The number of hydrogen-bond donors (Lipinski definition) is 1. The fourth-order valence-electron chi connectivity index (χ4n) is 1.12. The first-order valence-corrected chi connectivity index (χ1v) is 8.97. The summed E-state index contributed by atoms with van der Waals surface area (Å²) in [6.45, 7) is -0.128. The van der Waals surface area contributed by atoms with Crippen molar-refractivity contribution in [1.82, 2.24) is 4.72 Å². The molecule has 0 radical (unpaired) electrons. The lowest BCUT2D eigenvalue weighted by molar-refractivity contribution is 0.585. The molecule has 17 heavy (non-hydrogen) atoms. The average Bonchev–Trinajstić information content (AvgIpc) is 2.15. The lowest BCUT2D eigenvalue weighted by Crippen LogP contribution is -2.28. The molecule has 1 aromatic carbocycles. The molecule has 0 bridgehead atoms. The molecule has 5 nitrogen and oxygen atoms in total. The average molecular weight is 342 g/mol. The van der Waals surface area contributed by atoms with Crippen LogP contribution >= 0.6 is 15.9 Å². The molecule has 0 aromatic heterocycles. The Balaban J connectivity index is 2.73. The maximum Gasteiger partial charge on any atom is 0.208 e. The van der Waals surface area contributed by atoms with Gasteiger partial charge in [-0.3, -0.25) is 0 Å². The van der Waals surface area contributed by atoms with Gasteiger partial charge in [-0.2, -0.15) is 0 Å². The van der Waals surface area contributed by atoms with Crippen molar-refractivity contribution in [2.24, 2.45) is 0 Å². The van der Waals surface area contributed by atoms with Gasteiger partial charge >= 0.3 is 0 Å². The SMILES string of the molecule is CS(=O)(=O)NCCS(=O)(=O)c1ccc(Br)cc1. The van der Waals surface area contributed by atoms with Crippen LogP contribution in [0.15, 0.2) is 33.6 Å². The summed E-state index contributed by atoms with van der Waals surface area (Å²) in [6.07, 6.45) is 0.985. The standard InChI is InChI=1S/C9H12BrNO4S2/c1-16(12,13)11-6-7-17(14,15)9-4-2-8(10)3-5-9/h2-5,11H,6-7H2,1H3. The minimum atomic E-state index is -3.45. The van der Waals surface area contributed by atoms with E-state index in [4.69, 9.17) is 0 Å². The molecule has 0 aliphatic heterocycles. The maximum atomic E-state index is 11.8. The van der Waals surface area contributed by atoms with Crippen molar-refractivity contribution in [3.05, 3.63) is 28.7 Å². The van der Waals surface area contributed by atoms with E-state index in [1.165, 1.54) is 12.1 Å². The van der Waals surface area contributed by atoms with E-state index in [1.54, 1.807) is 12.1 Å². The third kappa shape index (κ3) is 5.15. The molecule has 1 N–H and O–H groups in total. The van der Waals surface area contributed by atoms with Crippen LogP contribution in [0.4, 0.5) is 0 Å². The van der Waals surface area contributed by atoms with Crippen LogP contribution in [0.1, 0.15) is 0 Å². The molecular formula is C9H12BrNO4S2. The molecule has 0 saturated heterocycles. The van der Waals surface area contributed by atoms with Crippen LogP contribution in [0.5, 0.6) is 0 Å². The van der Waals surface area contributed by atoms with E-state index in [0.717, 1.165) is 10.7 Å². The van der Waals surface area contributed by atoms with Crippen LogP contribution in [0.3, 0.4) is 0 Å². The summed E-state index contributed by atoms with van der Waals surface area (Å²) in [6, 6.07) is 6.19. The molecule has 0 aliphatic carbocycles. The Hall–Kier alpha value is -0.440. The molecule has 96 valence electrons. The van der Waals surface area contributed by atoms with Crippen molar-refractivity contribution in [2.75, 3.05) is 18.6 Å². The molecule has 0 aliphatic rings. The summed E-state index contributed by atoms with van der Waals surface area (Å²) in [4.78, 5) is 0.177. The van der Waals surface area contributed by atoms with Gasteiger partial charge in [0.05, 0.1) is 16.9 Å². The molecule has 1 aromatic rings. The van der Waals surface area contributed by atoms with Gasteiger partial charge < -0.3 is 0 Å². The highest BCUT2D eigenvalue weighted by atomic mass is 79.9. The fourth-order valence-corrected chi connectivity index (χ4v) is 3.14. The van der Waals surface area contributed by atoms with E-state index in [2.05, 4.69) is 20.7 Å². The predicted octanol–water partition coefficient (Wildman–Crippen LogP) is 0.772. The third-order valence-corrected chi connectivity index (χ3v) is 4.90. The summed E-state index contributed by atoms with van der Waals surface area (Å²) in [5.74, 6) is -0.262. The largest absolute Gasteiger partial charge is 0.224 e. The topological polar surface area (TPSA) is 80.3 Å². The second kappa shape index (κ2) is 5.47. The molecule has 0 atom stereocenters. The lowest BCUT2D eigenvalue weighted by atomic mass is 10.4. The Morgan fingerprint density at radius 1 is 1.12 bits per heavy atom. The van der Waals surface area contributed by atoms with E-state index in [1.807, 2.05) is 0 Å². The van der Waals surface area contributed by atoms with E-state index < -0.39 is 19.9 Å². The van der Waals surface area contributed by atoms with Crippen molar-refractivity contribution in [2.45, 2.75) is 4.90 Å². The van der Waals surface area contributed by atoms with E-state index in [-0.39, 0.29) is 17.2 Å². The van der Waals surface area contributed by atoms with Gasteiger partial charge in [-0.15, -0.1) is 0 Å². The van der Waals surface area contributed by atoms with Gasteiger partial charge in [-0.25, -0.2) is 21.6 Å². The fraction of sp³-hybridized carbons (Fsp3) is 0.333. The summed E-state index contributed by atoms with van der Waals surface area (Å²) in [5.41, 5.74) is 0. The van der Waals surface area contributed by atoms with Gasteiger partial charge in [0.25, 0.3) is 0 Å². The Bertz CT molecular complexity index is 578. The number of nitrogens with one attached hydrogen (secondary N) is 1. The number of benzene rings is 1. The number of halogens is 1. The quantitative estimate of drug-likeness (QED) is 0.857. The van der Waals surface area contributed by atoms with E-state index >= 15 is 0 Å². The monoisotopic (exact) mass is 341 g/mol. The van der Waals surface area contributed by atoms with Crippen molar-refractivity contribution in [1.29, 1.82) is 0 Å². The Morgan fingerprint density at radius 3 is 2.12 bits per heavy atom. The van der Waals surface area contributed by atoms with Crippen LogP contribution in [0.25, 0.3) is 0 Å². The van der Waals surface area contributed by atoms with E-state index in [0.29, 0.717) is 0 Å². The lowest BCUT2D eigenvalue weighted by Gasteiger charge is -2.05. The van der Waals surface area contributed by atoms with Crippen molar-refractivity contribution >= 4 is 35.8 Å². The highest BCUT2D eigenvalue weighted by Crippen LogP contribution is 2.15. The molecule has 0 unspecified atom stereocenters. The highest BCUT2D eigenvalue weighted by molar-refractivity contribution is 9.10. The zero-order chi connectivity index (χ0) is 13.1. The first kappa shape index (κ1) is 14.6. The molecule has 0 amide bonds. The summed E-state index contributed by atoms with van der Waals surface area (Å²) in [5, 5.41) is 0. The first-order valence-electron chi connectivity index (χ1n) is 4.64. The van der Waals surface area contributed by atoms with Crippen LogP contribution in [-0.4, -0.2) is 35.4 Å². The molecule has 0 heterocycles. The van der Waals surface area contributed by atoms with Crippen LogP contribution in [-0.2, 0) is 19.9 Å². The van der Waals surface area contributed by atoms with Crippen molar-refractivity contribution < 1.29 is 16.8 Å². The number of hydrogen-bond acceptors (Lipinski definition) is 4. The van der Waals surface area contributed by atoms with Crippen LogP contribution < -0.4 is 4.72 Å². The minimum absolute atomic E-state index is 0.128. The van der Waals surface area contributed by atoms with Gasteiger partial charge in [0.1, 0.15) is 0 Å². The summed E-state index contributed by atoms with van der Waals surface area (Å²) in [7, 11) is -6.80. The Kier molecular flexibility index (Phi) is 4.70. The van der Waals surface area contributed by atoms with Crippen molar-refractivity contribution in [3.63, 3.8) is 0 Å². The summed E-state index contributed by atoms with van der Waals surface area (Å²) < 4.78 is 48.1. The van der Waals surface area contributed by atoms with E-state index in [9.17, 15) is 16.8 Å². The smallest absolute Gasteiger partial charge is 0.208 e. The second-order valence-corrected chi connectivity index (χ2v) is 8.30. The first-order chi connectivity index (χ1) is 7.71. The van der Waals surface area contributed by atoms with Crippen molar-refractivity contribution in [3.8, 4) is 0 Å². The third-order valence-electron chi connectivity index (χ3n) is 1.91. The van der Waals surface area contributed by atoms with Gasteiger partial charge in [-0.05, 0) is 24.3 Å². The molecular weight excluding hydrogens is 330 g/mol. The number of sulfonamides is 1. The van der Waals surface area contributed by atoms with Gasteiger partial charge in [0.2, 0.25) is 10.0 Å². The minimum Gasteiger partial charge on any atom is -0.224 e. The zero-order valence-corrected chi connectivity index (χ0v) is 12.3. The number of rotatable bonds is 5. The molecule has 0 fully saturated rings.